The first-order valence-electron chi connectivity index (χ1n) is 1.89. The molecule has 0 amide bonds. The van der Waals surface area contributed by atoms with Gasteiger partial charge in [-0.2, -0.15) is 0 Å². The van der Waals surface area contributed by atoms with Crippen LogP contribution in [0.5, 0.6) is 0 Å². The van der Waals surface area contributed by atoms with Crippen molar-refractivity contribution in [3.63, 3.8) is 0 Å². The fourth-order valence-corrected chi connectivity index (χ4v) is 0.900. The molecule has 0 aromatic carbocycles. The number of aliphatic imine (C=N–C) groups is 1. The molecular formula is C4H6NS. The lowest BCUT2D eigenvalue weighted by atomic mass is 10.8. The van der Waals surface area contributed by atoms with Crippen molar-refractivity contribution in [1.29, 1.82) is 0 Å². The smallest absolute Gasteiger partial charge is 0.0649 e. The van der Waals surface area contributed by atoms with Crippen LogP contribution >= 0.6 is 11.8 Å². The van der Waals surface area contributed by atoms with Crippen LogP contribution in [0.25, 0.3) is 0 Å². The van der Waals surface area contributed by atoms with Gasteiger partial charge in [-0.1, -0.05) is 0 Å². The molecule has 2 heteroatoms. The third-order valence-corrected chi connectivity index (χ3v) is 1.43. The van der Waals surface area contributed by atoms with E-state index in [1.54, 1.807) is 11.8 Å². The van der Waals surface area contributed by atoms with Gasteiger partial charge in [0.15, 0.2) is 0 Å². The maximum Gasteiger partial charge on any atom is 0.0649 e. The zero-order chi connectivity index (χ0) is 4.41. The van der Waals surface area contributed by atoms with Gasteiger partial charge in [0, 0.05) is 5.75 Å². The van der Waals surface area contributed by atoms with Gasteiger partial charge in [-0.25, -0.2) is 0 Å². The maximum absolute atomic E-state index is 4.06. The highest BCUT2D eigenvalue weighted by Gasteiger charge is 1.97. The maximum atomic E-state index is 4.06. The lowest BCUT2D eigenvalue weighted by Crippen LogP contribution is -1.68. The fourth-order valence-electron chi connectivity index (χ4n) is 0.361. The van der Waals surface area contributed by atoms with Crippen LogP contribution in [0.3, 0.4) is 0 Å². The number of rotatable bonds is 0. The summed E-state index contributed by atoms with van der Waals surface area (Å²) in [7, 11) is 0. The Labute approximate surface area is 41.8 Å². The topological polar surface area (TPSA) is 12.4 Å². The van der Waals surface area contributed by atoms with Crippen LogP contribution in [0.1, 0.15) is 6.92 Å². The van der Waals surface area contributed by atoms with E-state index in [1.165, 1.54) is 5.04 Å². The molecule has 1 aliphatic heterocycles. The van der Waals surface area contributed by atoms with E-state index >= 15 is 0 Å². The standard InChI is InChI=1S/C4H6NS/c1-4-5-2-3-6-4/h3H,2H2,1H3. The van der Waals surface area contributed by atoms with Crippen LogP contribution in [-0.2, 0) is 0 Å². The number of nitrogens with zero attached hydrogens (tertiary/aromatic N) is 1. The molecule has 0 unspecified atom stereocenters. The van der Waals surface area contributed by atoms with Crippen LogP contribution in [0, 0.1) is 5.75 Å². The van der Waals surface area contributed by atoms with Gasteiger partial charge >= 0.3 is 0 Å². The Morgan fingerprint density at radius 1 is 2.00 bits per heavy atom. The zero-order valence-electron chi connectivity index (χ0n) is 3.64. The van der Waals surface area contributed by atoms with Crippen molar-refractivity contribution in [2.24, 2.45) is 4.99 Å². The lowest BCUT2D eigenvalue weighted by molar-refractivity contribution is 1.25. The molecule has 0 aromatic heterocycles. The van der Waals surface area contributed by atoms with E-state index < -0.39 is 0 Å². The highest BCUT2D eigenvalue weighted by atomic mass is 32.2. The van der Waals surface area contributed by atoms with Crippen molar-refractivity contribution < 1.29 is 0 Å². The Hall–Kier alpha value is 0.0200. The Bertz CT molecular complexity index is 77.6. The first kappa shape index (κ1) is 4.19. The molecule has 0 saturated heterocycles. The van der Waals surface area contributed by atoms with Gasteiger partial charge < -0.3 is 0 Å². The summed E-state index contributed by atoms with van der Waals surface area (Å²) in [6.07, 6.45) is 0. The van der Waals surface area contributed by atoms with Crippen LogP contribution in [0.2, 0.25) is 0 Å². The number of hydrogen-bond donors (Lipinski definition) is 0. The van der Waals surface area contributed by atoms with Crippen molar-refractivity contribution in [3.8, 4) is 0 Å². The molecule has 0 bridgehead atoms. The third kappa shape index (κ3) is 0.744. The van der Waals surface area contributed by atoms with Gasteiger partial charge in [-0.3, -0.25) is 4.99 Å². The summed E-state index contributed by atoms with van der Waals surface area (Å²) in [6.45, 7) is 2.94. The molecule has 33 valence electrons. The highest BCUT2D eigenvalue weighted by molar-refractivity contribution is 8.15. The van der Waals surface area contributed by atoms with Crippen molar-refractivity contribution in [2.75, 3.05) is 6.54 Å². The quantitative estimate of drug-likeness (QED) is 0.447. The first-order valence-corrected chi connectivity index (χ1v) is 2.77. The summed E-state index contributed by atoms with van der Waals surface area (Å²) in [6, 6.07) is 0. The van der Waals surface area contributed by atoms with Gasteiger partial charge in [0.1, 0.15) is 0 Å². The van der Waals surface area contributed by atoms with Gasteiger partial charge in [-0.15, -0.1) is 11.8 Å². The van der Waals surface area contributed by atoms with E-state index in [0.29, 0.717) is 0 Å². The van der Waals surface area contributed by atoms with Crippen LogP contribution in [0.4, 0.5) is 0 Å². The van der Waals surface area contributed by atoms with E-state index in [9.17, 15) is 0 Å². The van der Waals surface area contributed by atoms with Crippen LogP contribution in [-0.4, -0.2) is 11.6 Å². The number of thioether (sulfide) groups is 1. The van der Waals surface area contributed by atoms with E-state index in [1.807, 2.05) is 6.92 Å². The van der Waals surface area contributed by atoms with Crippen molar-refractivity contribution >= 4 is 16.8 Å². The normalized spacial score (nSPS) is 21.2. The Kier molecular flexibility index (Phi) is 1.15. The van der Waals surface area contributed by atoms with Crippen LogP contribution < -0.4 is 0 Å². The molecule has 1 aliphatic rings. The largest absolute Gasteiger partial charge is 0.282 e. The first-order chi connectivity index (χ1) is 2.89. The summed E-state index contributed by atoms with van der Waals surface area (Å²) < 4.78 is 0. The summed E-state index contributed by atoms with van der Waals surface area (Å²) in [5.74, 6) is 2.09. The molecule has 0 spiro atoms. The van der Waals surface area contributed by atoms with E-state index in [2.05, 4.69) is 10.7 Å². The zero-order valence-corrected chi connectivity index (χ0v) is 4.46. The summed E-state index contributed by atoms with van der Waals surface area (Å²) in [5.41, 5.74) is 0. The molecule has 0 N–H and O–H groups in total. The van der Waals surface area contributed by atoms with Gasteiger partial charge in [0.05, 0.1) is 11.6 Å². The van der Waals surface area contributed by atoms with Gasteiger partial charge in [0.2, 0.25) is 0 Å². The second-order valence-electron chi connectivity index (χ2n) is 1.14. The second kappa shape index (κ2) is 1.65. The third-order valence-electron chi connectivity index (χ3n) is 0.642. The predicted octanol–water partition coefficient (Wildman–Crippen LogP) is 1.31. The average molecular weight is 100 g/mol. The van der Waals surface area contributed by atoms with Crippen LogP contribution in [0.15, 0.2) is 4.99 Å². The van der Waals surface area contributed by atoms with E-state index in [0.717, 1.165) is 6.54 Å². The Morgan fingerprint density at radius 2 is 2.83 bits per heavy atom. The van der Waals surface area contributed by atoms with Gasteiger partial charge in [-0.05, 0) is 6.92 Å². The van der Waals surface area contributed by atoms with Crippen molar-refractivity contribution in [2.45, 2.75) is 6.92 Å². The monoisotopic (exact) mass is 100 g/mol. The molecule has 0 aliphatic carbocycles. The molecule has 0 saturated carbocycles. The Morgan fingerprint density at radius 3 is 3.00 bits per heavy atom. The molecule has 1 heterocycles. The second-order valence-corrected chi connectivity index (χ2v) is 2.30. The summed E-state index contributed by atoms with van der Waals surface area (Å²) in [5, 5.41) is 1.19. The minimum atomic E-state index is 0.913. The predicted molar refractivity (Wildman–Crippen MR) is 29.9 cm³/mol. The number of hydrogen-bond acceptors (Lipinski definition) is 2. The van der Waals surface area contributed by atoms with Crippen molar-refractivity contribution in [1.82, 2.24) is 0 Å². The molecule has 1 nitrogen and oxygen atoms in total. The minimum Gasteiger partial charge on any atom is -0.282 e. The summed E-state index contributed by atoms with van der Waals surface area (Å²) in [4.78, 5) is 4.06. The molecule has 1 radical (unpaired) electrons. The fraction of sp³-hybridized carbons (Fsp3) is 0.500. The van der Waals surface area contributed by atoms with Crippen molar-refractivity contribution in [3.05, 3.63) is 5.75 Å². The molecule has 0 atom stereocenters. The molecule has 1 rings (SSSR count). The molecular weight excluding hydrogens is 94.1 g/mol. The SMILES string of the molecule is CC1=NC[CH]S1. The highest BCUT2D eigenvalue weighted by Crippen LogP contribution is 2.14. The molecule has 0 fully saturated rings. The molecule has 0 aromatic rings. The summed E-state index contributed by atoms with van der Waals surface area (Å²) >= 11 is 1.72. The Balaban J connectivity index is 2.45. The average Bonchev–Trinajstić information content (AvgIpc) is 1.86. The minimum absolute atomic E-state index is 0.913. The van der Waals surface area contributed by atoms with Gasteiger partial charge in [0.25, 0.3) is 0 Å². The lowest BCUT2D eigenvalue weighted by Gasteiger charge is -1.76. The molecule has 6 heavy (non-hydrogen) atoms. The van der Waals surface area contributed by atoms with E-state index in [-0.39, 0.29) is 0 Å². The van der Waals surface area contributed by atoms with E-state index in [4.69, 9.17) is 0 Å².